The van der Waals surface area contributed by atoms with Gasteiger partial charge in [-0.2, -0.15) is 11.3 Å². The lowest BCUT2D eigenvalue weighted by Gasteiger charge is -2.24. The van der Waals surface area contributed by atoms with Crippen LogP contribution in [0.15, 0.2) is 16.8 Å². The molecule has 1 rings (SSSR count). The number of carbonyl (C=O) groups excluding carboxylic acids is 1. The molecule has 6 heteroatoms. The van der Waals surface area contributed by atoms with Gasteiger partial charge >= 0.3 is 12.0 Å². The van der Waals surface area contributed by atoms with E-state index >= 15 is 0 Å². The van der Waals surface area contributed by atoms with E-state index in [1.54, 1.807) is 18.4 Å². The van der Waals surface area contributed by atoms with Crippen LogP contribution in [0.5, 0.6) is 0 Å². The smallest absolute Gasteiger partial charge is 0.326 e. The second-order valence-electron chi connectivity index (χ2n) is 4.64. The Morgan fingerprint density at radius 2 is 2.21 bits per heavy atom. The third kappa shape index (κ3) is 4.55. The topological polar surface area (TPSA) is 69.6 Å². The molecule has 1 heterocycles. The number of rotatable bonds is 6. The lowest BCUT2D eigenvalue weighted by molar-refractivity contribution is -0.140. The standard InChI is InChI=1S/C13H20N2O3S/c1-4-9(2)11(12(16)17)14-13(18)15(3)7-10-5-6-19-8-10/h5-6,8-9,11H,4,7H2,1-3H3,(H,14,18)(H,16,17)/t9-,11-/m0/s1. The minimum absolute atomic E-state index is 0.101. The number of hydrogen-bond donors (Lipinski definition) is 2. The zero-order valence-corrected chi connectivity index (χ0v) is 12.2. The molecule has 106 valence electrons. The molecular formula is C13H20N2O3S. The van der Waals surface area contributed by atoms with E-state index in [0.717, 1.165) is 5.56 Å². The van der Waals surface area contributed by atoms with Gasteiger partial charge in [0.25, 0.3) is 0 Å². The Morgan fingerprint density at radius 3 is 2.68 bits per heavy atom. The maximum Gasteiger partial charge on any atom is 0.326 e. The highest BCUT2D eigenvalue weighted by Crippen LogP contribution is 2.11. The number of carbonyl (C=O) groups is 2. The predicted molar refractivity (Wildman–Crippen MR) is 75.2 cm³/mol. The molecule has 0 aliphatic heterocycles. The van der Waals surface area contributed by atoms with Crippen LogP contribution in [0.1, 0.15) is 25.8 Å². The third-order valence-corrected chi connectivity index (χ3v) is 3.84. The van der Waals surface area contributed by atoms with Gasteiger partial charge in [-0.25, -0.2) is 9.59 Å². The normalized spacial score (nSPS) is 13.6. The van der Waals surface area contributed by atoms with Crippen molar-refractivity contribution in [1.82, 2.24) is 10.2 Å². The Bertz CT molecular complexity index is 420. The Kier molecular flexibility index (Phi) is 5.82. The van der Waals surface area contributed by atoms with Gasteiger partial charge < -0.3 is 15.3 Å². The van der Waals surface area contributed by atoms with Crippen molar-refractivity contribution in [3.63, 3.8) is 0 Å². The highest BCUT2D eigenvalue weighted by atomic mass is 32.1. The van der Waals surface area contributed by atoms with Crippen LogP contribution in [-0.4, -0.2) is 35.1 Å². The molecule has 0 aliphatic rings. The largest absolute Gasteiger partial charge is 0.480 e. The summed E-state index contributed by atoms with van der Waals surface area (Å²) >= 11 is 1.57. The first-order chi connectivity index (χ1) is 8.95. The summed E-state index contributed by atoms with van der Waals surface area (Å²) in [6.45, 7) is 4.20. The van der Waals surface area contributed by atoms with Crippen molar-refractivity contribution < 1.29 is 14.7 Å². The van der Waals surface area contributed by atoms with Gasteiger partial charge in [-0.3, -0.25) is 0 Å². The van der Waals surface area contributed by atoms with Gasteiger partial charge in [0.1, 0.15) is 6.04 Å². The maximum atomic E-state index is 12.0. The number of carboxylic acid groups (broad SMARTS) is 1. The van der Waals surface area contributed by atoms with Crippen molar-refractivity contribution in [1.29, 1.82) is 0 Å². The Hall–Kier alpha value is -1.56. The molecular weight excluding hydrogens is 264 g/mol. The molecule has 0 unspecified atom stereocenters. The Morgan fingerprint density at radius 1 is 1.53 bits per heavy atom. The third-order valence-electron chi connectivity index (χ3n) is 3.10. The summed E-state index contributed by atoms with van der Waals surface area (Å²) in [7, 11) is 1.66. The first-order valence-corrected chi connectivity index (χ1v) is 7.15. The number of hydrogen-bond acceptors (Lipinski definition) is 3. The summed E-state index contributed by atoms with van der Waals surface area (Å²) in [5.41, 5.74) is 1.04. The molecule has 0 saturated carbocycles. The van der Waals surface area contributed by atoms with Crippen LogP contribution in [0.4, 0.5) is 4.79 Å². The zero-order chi connectivity index (χ0) is 14.4. The van der Waals surface area contributed by atoms with Crippen LogP contribution >= 0.6 is 11.3 Å². The number of carboxylic acids is 1. The van der Waals surface area contributed by atoms with Crippen molar-refractivity contribution in [2.45, 2.75) is 32.9 Å². The summed E-state index contributed by atoms with van der Waals surface area (Å²) in [5, 5.41) is 15.6. The van der Waals surface area contributed by atoms with Gasteiger partial charge in [0.05, 0.1) is 0 Å². The first kappa shape index (κ1) is 15.5. The van der Waals surface area contributed by atoms with Crippen LogP contribution in [-0.2, 0) is 11.3 Å². The van der Waals surface area contributed by atoms with Gasteiger partial charge in [0.2, 0.25) is 0 Å². The van der Waals surface area contributed by atoms with E-state index < -0.39 is 12.0 Å². The van der Waals surface area contributed by atoms with Crippen LogP contribution in [0.3, 0.4) is 0 Å². The van der Waals surface area contributed by atoms with E-state index in [9.17, 15) is 9.59 Å². The highest BCUT2D eigenvalue weighted by molar-refractivity contribution is 7.07. The molecule has 2 amide bonds. The van der Waals surface area contributed by atoms with Gasteiger partial charge in [-0.15, -0.1) is 0 Å². The number of amides is 2. The number of thiophene rings is 1. The molecule has 0 fully saturated rings. The number of nitrogens with one attached hydrogen (secondary N) is 1. The molecule has 0 aromatic carbocycles. The molecule has 0 aliphatic carbocycles. The van der Waals surface area contributed by atoms with Crippen molar-refractivity contribution in [2.24, 2.45) is 5.92 Å². The maximum absolute atomic E-state index is 12.0. The van der Waals surface area contributed by atoms with Crippen LogP contribution < -0.4 is 5.32 Å². The van der Waals surface area contributed by atoms with E-state index in [1.807, 2.05) is 30.7 Å². The average molecular weight is 284 g/mol. The molecule has 0 radical (unpaired) electrons. The molecule has 2 N–H and O–H groups in total. The van der Waals surface area contributed by atoms with Crippen LogP contribution in [0.25, 0.3) is 0 Å². The van der Waals surface area contributed by atoms with Gasteiger partial charge in [0, 0.05) is 13.6 Å². The second-order valence-corrected chi connectivity index (χ2v) is 5.42. The zero-order valence-electron chi connectivity index (χ0n) is 11.4. The minimum atomic E-state index is -0.994. The van der Waals surface area contributed by atoms with E-state index in [0.29, 0.717) is 13.0 Å². The van der Waals surface area contributed by atoms with E-state index in [-0.39, 0.29) is 11.9 Å². The SMILES string of the molecule is CC[C@H](C)[C@H](NC(=O)N(C)Cc1ccsc1)C(=O)O. The Labute approximate surface area is 117 Å². The first-order valence-electron chi connectivity index (χ1n) is 6.21. The van der Waals surface area contributed by atoms with Crippen molar-refractivity contribution >= 4 is 23.3 Å². The van der Waals surface area contributed by atoms with Crippen molar-refractivity contribution in [3.05, 3.63) is 22.4 Å². The minimum Gasteiger partial charge on any atom is -0.480 e. The number of aliphatic carboxylic acids is 1. The number of nitrogens with zero attached hydrogens (tertiary/aromatic N) is 1. The molecule has 0 saturated heterocycles. The molecule has 5 nitrogen and oxygen atoms in total. The Balaban J connectivity index is 2.58. The summed E-state index contributed by atoms with van der Waals surface area (Å²) in [6.07, 6.45) is 0.700. The van der Waals surface area contributed by atoms with Crippen molar-refractivity contribution in [2.75, 3.05) is 7.05 Å². The van der Waals surface area contributed by atoms with Gasteiger partial charge in [-0.05, 0) is 28.3 Å². The molecule has 0 spiro atoms. The summed E-state index contributed by atoms with van der Waals surface area (Å²) in [6, 6.07) is 0.735. The molecule has 1 aromatic rings. The monoisotopic (exact) mass is 284 g/mol. The lowest BCUT2D eigenvalue weighted by Crippen LogP contribution is -2.49. The van der Waals surface area contributed by atoms with Crippen LogP contribution in [0.2, 0.25) is 0 Å². The van der Waals surface area contributed by atoms with E-state index in [1.165, 1.54) is 4.90 Å². The fourth-order valence-electron chi connectivity index (χ4n) is 1.65. The van der Waals surface area contributed by atoms with Gasteiger partial charge in [0.15, 0.2) is 0 Å². The highest BCUT2D eigenvalue weighted by Gasteiger charge is 2.26. The van der Waals surface area contributed by atoms with Crippen molar-refractivity contribution in [3.8, 4) is 0 Å². The van der Waals surface area contributed by atoms with Crippen LogP contribution in [0, 0.1) is 5.92 Å². The molecule has 19 heavy (non-hydrogen) atoms. The summed E-state index contributed by atoms with van der Waals surface area (Å²) in [4.78, 5) is 24.6. The lowest BCUT2D eigenvalue weighted by atomic mass is 9.99. The molecule has 0 bridgehead atoms. The average Bonchev–Trinajstić information content (AvgIpc) is 2.86. The summed E-state index contributed by atoms with van der Waals surface area (Å²) in [5.74, 6) is -1.09. The summed E-state index contributed by atoms with van der Waals surface area (Å²) < 4.78 is 0. The molecule has 2 atom stereocenters. The van der Waals surface area contributed by atoms with Gasteiger partial charge in [-0.1, -0.05) is 20.3 Å². The fourth-order valence-corrected chi connectivity index (χ4v) is 2.31. The quantitative estimate of drug-likeness (QED) is 0.842. The predicted octanol–water partition coefficient (Wildman–Crippen LogP) is 2.39. The van der Waals surface area contributed by atoms with E-state index in [2.05, 4.69) is 5.32 Å². The fraction of sp³-hybridized carbons (Fsp3) is 0.538. The second kappa shape index (κ2) is 7.13. The van der Waals surface area contributed by atoms with E-state index in [4.69, 9.17) is 5.11 Å². The number of urea groups is 1. The molecule has 1 aromatic heterocycles.